The summed E-state index contributed by atoms with van der Waals surface area (Å²) in [6, 6.07) is 10.1. The lowest BCUT2D eigenvalue weighted by molar-refractivity contribution is -0.0250. The van der Waals surface area contributed by atoms with Crippen molar-refractivity contribution in [3.63, 3.8) is 0 Å². The van der Waals surface area contributed by atoms with Gasteiger partial charge in [0.1, 0.15) is 5.69 Å². The van der Waals surface area contributed by atoms with Crippen molar-refractivity contribution in [2.24, 2.45) is 0 Å². The van der Waals surface area contributed by atoms with Gasteiger partial charge in [0.25, 0.3) is 5.91 Å². The number of aliphatic hydroxyl groups excluding tert-OH is 1. The molecule has 0 spiro atoms. The summed E-state index contributed by atoms with van der Waals surface area (Å²) in [6.45, 7) is 0.779. The van der Waals surface area contributed by atoms with Crippen molar-refractivity contribution in [2.75, 3.05) is 19.7 Å². The maximum Gasteiger partial charge on any atom is 0.273 e. The van der Waals surface area contributed by atoms with E-state index in [4.69, 9.17) is 0 Å². The first-order valence-corrected chi connectivity index (χ1v) is 9.08. The molecule has 24 heavy (non-hydrogen) atoms. The van der Waals surface area contributed by atoms with Crippen molar-refractivity contribution in [1.82, 2.24) is 9.88 Å². The van der Waals surface area contributed by atoms with Crippen LogP contribution in [0.15, 0.2) is 35.7 Å². The smallest absolute Gasteiger partial charge is 0.273 e. The number of benzene rings is 1. The standard InChI is InChI=1S/C18H22N2O3S/c21-13-18(23)7-4-9-20(10-8-18)17(22)15-12-24-16(19-15)11-14-5-2-1-3-6-14/h1-3,5-6,12,21,23H,4,7-11,13H2/t18-/m1/s1. The van der Waals surface area contributed by atoms with Crippen molar-refractivity contribution in [1.29, 1.82) is 0 Å². The van der Waals surface area contributed by atoms with Gasteiger partial charge in [0.15, 0.2) is 0 Å². The van der Waals surface area contributed by atoms with Crippen molar-refractivity contribution < 1.29 is 15.0 Å². The van der Waals surface area contributed by atoms with Crippen LogP contribution in [-0.2, 0) is 6.42 Å². The Bertz CT molecular complexity index is 689. The molecule has 1 aromatic heterocycles. The number of carbonyl (C=O) groups excluding carboxylic acids is 1. The normalized spacial score (nSPS) is 21.5. The molecule has 0 bridgehead atoms. The first kappa shape index (κ1) is 17.1. The van der Waals surface area contributed by atoms with Crippen LogP contribution < -0.4 is 0 Å². The van der Waals surface area contributed by atoms with Crippen LogP contribution in [0, 0.1) is 0 Å². The molecule has 2 heterocycles. The summed E-state index contributed by atoms with van der Waals surface area (Å²) in [6.07, 6.45) is 2.33. The minimum atomic E-state index is -1.06. The van der Waals surface area contributed by atoms with Crippen LogP contribution in [0.5, 0.6) is 0 Å². The van der Waals surface area contributed by atoms with Gasteiger partial charge in [0, 0.05) is 24.9 Å². The molecule has 1 saturated heterocycles. The van der Waals surface area contributed by atoms with E-state index in [0.717, 1.165) is 11.4 Å². The summed E-state index contributed by atoms with van der Waals surface area (Å²) >= 11 is 1.50. The van der Waals surface area contributed by atoms with Crippen LogP contribution in [0.25, 0.3) is 0 Å². The van der Waals surface area contributed by atoms with E-state index in [1.807, 2.05) is 35.7 Å². The highest BCUT2D eigenvalue weighted by Gasteiger charge is 2.31. The van der Waals surface area contributed by atoms with Crippen molar-refractivity contribution in [2.45, 2.75) is 31.3 Å². The third-order valence-electron chi connectivity index (χ3n) is 4.47. The van der Waals surface area contributed by atoms with Gasteiger partial charge in [-0.25, -0.2) is 4.98 Å². The van der Waals surface area contributed by atoms with E-state index in [1.165, 1.54) is 16.9 Å². The fraction of sp³-hybridized carbons (Fsp3) is 0.444. The van der Waals surface area contributed by atoms with Gasteiger partial charge in [-0.2, -0.15) is 0 Å². The van der Waals surface area contributed by atoms with Gasteiger partial charge in [-0.1, -0.05) is 30.3 Å². The molecule has 1 aromatic carbocycles. The monoisotopic (exact) mass is 346 g/mol. The molecule has 2 aromatic rings. The Morgan fingerprint density at radius 2 is 2.04 bits per heavy atom. The van der Waals surface area contributed by atoms with E-state index in [0.29, 0.717) is 38.0 Å². The second-order valence-corrected chi connectivity index (χ2v) is 7.26. The number of amides is 1. The predicted molar refractivity (Wildman–Crippen MR) is 93.2 cm³/mol. The average Bonchev–Trinajstić information content (AvgIpc) is 2.97. The van der Waals surface area contributed by atoms with Crippen LogP contribution in [0.4, 0.5) is 0 Å². The third kappa shape index (κ3) is 4.01. The van der Waals surface area contributed by atoms with Crippen molar-refractivity contribution in [3.8, 4) is 0 Å². The van der Waals surface area contributed by atoms with Crippen LogP contribution in [0.3, 0.4) is 0 Å². The minimum Gasteiger partial charge on any atom is -0.393 e. The lowest BCUT2D eigenvalue weighted by Crippen LogP contribution is -2.36. The topological polar surface area (TPSA) is 73.7 Å². The molecule has 0 saturated carbocycles. The summed E-state index contributed by atoms with van der Waals surface area (Å²) in [5, 5.41) is 22.2. The number of thiazole rings is 1. The van der Waals surface area contributed by atoms with E-state index in [2.05, 4.69) is 4.98 Å². The molecule has 5 nitrogen and oxygen atoms in total. The minimum absolute atomic E-state index is 0.0900. The Hall–Kier alpha value is -1.76. The number of aromatic nitrogens is 1. The molecule has 0 aliphatic carbocycles. The molecular weight excluding hydrogens is 324 g/mol. The second-order valence-electron chi connectivity index (χ2n) is 6.32. The number of carbonyl (C=O) groups is 1. The maximum absolute atomic E-state index is 12.6. The van der Waals surface area contributed by atoms with Crippen molar-refractivity contribution in [3.05, 3.63) is 52.0 Å². The summed E-state index contributed by atoms with van der Waals surface area (Å²) in [7, 11) is 0. The lowest BCUT2D eigenvalue weighted by Gasteiger charge is -2.24. The zero-order valence-corrected chi connectivity index (χ0v) is 14.3. The number of likely N-dealkylation sites (tertiary alicyclic amines) is 1. The number of aliphatic hydroxyl groups is 2. The molecule has 1 aliphatic rings. The molecule has 0 radical (unpaired) electrons. The van der Waals surface area contributed by atoms with E-state index >= 15 is 0 Å². The molecule has 2 N–H and O–H groups in total. The second kappa shape index (κ2) is 7.42. The van der Waals surface area contributed by atoms with Crippen LogP contribution in [0.1, 0.15) is 40.3 Å². The van der Waals surface area contributed by atoms with Crippen LogP contribution >= 0.6 is 11.3 Å². The van der Waals surface area contributed by atoms with Gasteiger partial charge in [0.2, 0.25) is 0 Å². The van der Waals surface area contributed by atoms with E-state index < -0.39 is 5.60 Å². The molecule has 1 aliphatic heterocycles. The van der Waals surface area contributed by atoms with Gasteiger partial charge in [-0.15, -0.1) is 11.3 Å². The highest BCUT2D eigenvalue weighted by molar-refractivity contribution is 7.09. The largest absolute Gasteiger partial charge is 0.393 e. The Balaban J connectivity index is 1.65. The molecule has 1 fully saturated rings. The number of hydrogen-bond donors (Lipinski definition) is 2. The molecule has 3 rings (SSSR count). The summed E-state index contributed by atoms with van der Waals surface area (Å²) < 4.78 is 0. The predicted octanol–water partition coefficient (Wildman–Crippen LogP) is 2.08. The first-order chi connectivity index (χ1) is 11.6. The zero-order valence-electron chi connectivity index (χ0n) is 13.5. The molecule has 128 valence electrons. The van der Waals surface area contributed by atoms with E-state index in [1.54, 1.807) is 4.90 Å². The van der Waals surface area contributed by atoms with E-state index in [9.17, 15) is 15.0 Å². The quantitative estimate of drug-likeness (QED) is 0.889. The highest BCUT2D eigenvalue weighted by Crippen LogP contribution is 2.23. The van der Waals surface area contributed by atoms with E-state index in [-0.39, 0.29) is 12.5 Å². The van der Waals surface area contributed by atoms with Gasteiger partial charge >= 0.3 is 0 Å². The van der Waals surface area contributed by atoms with Gasteiger partial charge in [-0.3, -0.25) is 4.79 Å². The van der Waals surface area contributed by atoms with Gasteiger partial charge in [-0.05, 0) is 24.8 Å². The van der Waals surface area contributed by atoms with Gasteiger partial charge < -0.3 is 15.1 Å². The SMILES string of the molecule is O=C(c1csc(Cc2ccccc2)n1)N1CCC[C@](O)(CO)CC1. The van der Waals surface area contributed by atoms with Gasteiger partial charge in [0.05, 0.1) is 17.2 Å². The maximum atomic E-state index is 12.6. The Kier molecular flexibility index (Phi) is 5.28. The summed E-state index contributed by atoms with van der Waals surface area (Å²) in [5.74, 6) is -0.0900. The molecule has 0 unspecified atom stereocenters. The summed E-state index contributed by atoms with van der Waals surface area (Å²) in [4.78, 5) is 18.9. The third-order valence-corrected chi connectivity index (χ3v) is 5.32. The Morgan fingerprint density at radius 3 is 2.79 bits per heavy atom. The first-order valence-electron chi connectivity index (χ1n) is 8.20. The van der Waals surface area contributed by atoms with Crippen LogP contribution in [-0.4, -0.2) is 51.3 Å². The molecular formula is C18H22N2O3S. The summed E-state index contributed by atoms with van der Waals surface area (Å²) in [5.41, 5.74) is 0.587. The fourth-order valence-corrected chi connectivity index (χ4v) is 3.77. The molecule has 1 amide bonds. The number of rotatable bonds is 4. The zero-order chi connectivity index (χ0) is 17.0. The fourth-order valence-electron chi connectivity index (χ4n) is 2.96. The average molecular weight is 346 g/mol. The number of nitrogens with zero attached hydrogens (tertiary/aromatic N) is 2. The lowest BCUT2D eigenvalue weighted by atomic mass is 9.96. The highest BCUT2D eigenvalue weighted by atomic mass is 32.1. The Morgan fingerprint density at radius 1 is 1.25 bits per heavy atom. The molecule has 1 atom stereocenters. The van der Waals surface area contributed by atoms with Crippen molar-refractivity contribution >= 4 is 17.2 Å². The number of hydrogen-bond acceptors (Lipinski definition) is 5. The Labute approximate surface area is 145 Å². The van der Waals surface area contributed by atoms with Crippen LogP contribution in [0.2, 0.25) is 0 Å². The molecule has 6 heteroatoms.